The van der Waals surface area contributed by atoms with Crippen LogP contribution in [0.2, 0.25) is 10.0 Å². The van der Waals surface area contributed by atoms with Crippen LogP contribution in [0, 0.1) is 18.3 Å². The number of urea groups is 1. The molecule has 0 bridgehead atoms. The van der Waals surface area contributed by atoms with Gasteiger partial charge in [-0.15, -0.1) is 6.42 Å². The van der Waals surface area contributed by atoms with Gasteiger partial charge in [0.1, 0.15) is 0 Å². The zero-order valence-corrected chi connectivity index (χ0v) is 11.8. The van der Waals surface area contributed by atoms with Crippen molar-refractivity contribution >= 4 is 34.9 Å². The predicted molar refractivity (Wildman–Crippen MR) is 78.6 cm³/mol. The van der Waals surface area contributed by atoms with Crippen molar-refractivity contribution in [3.05, 3.63) is 28.2 Å². The van der Waals surface area contributed by atoms with Crippen molar-refractivity contribution < 1.29 is 4.79 Å². The standard InChI is InChI=1S/C14H14Cl2N2O/c1-2-5-18(9-10-3-4-10)14(19)17-13-7-11(15)6-12(16)8-13/h1,6-8,10H,3-5,9H2,(H,17,19). The molecule has 1 aliphatic rings. The van der Waals surface area contributed by atoms with Gasteiger partial charge in [-0.1, -0.05) is 29.1 Å². The number of hydrogen-bond acceptors (Lipinski definition) is 1. The summed E-state index contributed by atoms with van der Waals surface area (Å²) in [6.07, 6.45) is 7.62. The molecule has 100 valence electrons. The lowest BCUT2D eigenvalue weighted by Gasteiger charge is -2.20. The number of nitrogens with zero attached hydrogens (tertiary/aromatic N) is 1. The number of nitrogens with one attached hydrogen (secondary N) is 1. The summed E-state index contributed by atoms with van der Waals surface area (Å²) >= 11 is 11.8. The Morgan fingerprint density at radius 2 is 2.00 bits per heavy atom. The Balaban J connectivity index is 2.02. The molecule has 2 amide bonds. The van der Waals surface area contributed by atoms with Crippen LogP contribution in [0.1, 0.15) is 12.8 Å². The van der Waals surface area contributed by atoms with E-state index in [0.29, 0.717) is 34.7 Å². The quantitative estimate of drug-likeness (QED) is 0.841. The van der Waals surface area contributed by atoms with Crippen LogP contribution in [-0.2, 0) is 0 Å². The first-order valence-electron chi connectivity index (χ1n) is 6.04. The molecule has 1 aromatic rings. The number of rotatable bonds is 4. The summed E-state index contributed by atoms with van der Waals surface area (Å²) in [7, 11) is 0. The molecule has 1 fully saturated rings. The van der Waals surface area contributed by atoms with Crippen LogP contribution >= 0.6 is 23.2 Å². The fraction of sp³-hybridized carbons (Fsp3) is 0.357. The van der Waals surface area contributed by atoms with E-state index in [4.69, 9.17) is 29.6 Å². The van der Waals surface area contributed by atoms with Gasteiger partial charge in [0, 0.05) is 22.3 Å². The SMILES string of the molecule is C#CCN(CC1CC1)C(=O)Nc1cc(Cl)cc(Cl)c1. The summed E-state index contributed by atoms with van der Waals surface area (Å²) in [5, 5.41) is 3.72. The molecule has 1 aliphatic carbocycles. The maximum atomic E-state index is 12.1. The molecule has 0 unspecified atom stereocenters. The first-order valence-corrected chi connectivity index (χ1v) is 6.79. The summed E-state index contributed by atoms with van der Waals surface area (Å²) in [6, 6.07) is 4.69. The summed E-state index contributed by atoms with van der Waals surface area (Å²) in [5.41, 5.74) is 0.570. The van der Waals surface area contributed by atoms with E-state index in [9.17, 15) is 4.79 Å². The minimum absolute atomic E-state index is 0.219. The van der Waals surface area contributed by atoms with Crippen molar-refractivity contribution in [2.75, 3.05) is 18.4 Å². The van der Waals surface area contributed by atoms with Crippen molar-refractivity contribution in [3.63, 3.8) is 0 Å². The third-order valence-corrected chi connectivity index (χ3v) is 3.30. The number of anilines is 1. The highest BCUT2D eigenvalue weighted by atomic mass is 35.5. The zero-order valence-electron chi connectivity index (χ0n) is 10.3. The summed E-state index contributed by atoms with van der Waals surface area (Å²) in [6.45, 7) is 1.00. The van der Waals surface area contributed by atoms with Crippen molar-refractivity contribution in [1.82, 2.24) is 4.90 Å². The molecule has 0 heterocycles. The number of carbonyl (C=O) groups excluding carboxylic acids is 1. The van der Waals surface area contributed by atoms with E-state index in [0.717, 1.165) is 12.8 Å². The van der Waals surface area contributed by atoms with E-state index in [-0.39, 0.29) is 6.03 Å². The van der Waals surface area contributed by atoms with Gasteiger partial charge in [0.05, 0.1) is 6.54 Å². The minimum atomic E-state index is -0.219. The molecule has 3 nitrogen and oxygen atoms in total. The fourth-order valence-corrected chi connectivity index (χ4v) is 2.30. The van der Waals surface area contributed by atoms with Crippen LogP contribution in [-0.4, -0.2) is 24.0 Å². The van der Waals surface area contributed by atoms with Gasteiger partial charge in [-0.05, 0) is 37.0 Å². The molecule has 0 radical (unpaired) electrons. The first-order chi connectivity index (χ1) is 9.08. The lowest BCUT2D eigenvalue weighted by molar-refractivity contribution is 0.216. The normalized spacial score (nSPS) is 13.7. The molecule has 0 aromatic heterocycles. The van der Waals surface area contributed by atoms with Gasteiger partial charge in [-0.3, -0.25) is 0 Å². The molecule has 19 heavy (non-hydrogen) atoms. The van der Waals surface area contributed by atoms with E-state index >= 15 is 0 Å². The summed E-state index contributed by atoms with van der Waals surface area (Å²) in [5.74, 6) is 3.09. The van der Waals surface area contributed by atoms with E-state index in [1.807, 2.05) is 0 Å². The number of hydrogen-bond donors (Lipinski definition) is 1. The van der Waals surface area contributed by atoms with E-state index < -0.39 is 0 Å². The number of carbonyl (C=O) groups is 1. The van der Waals surface area contributed by atoms with E-state index in [2.05, 4.69) is 11.2 Å². The second-order valence-electron chi connectivity index (χ2n) is 4.62. The van der Waals surface area contributed by atoms with Gasteiger partial charge in [0.25, 0.3) is 0 Å². The van der Waals surface area contributed by atoms with Gasteiger partial charge >= 0.3 is 6.03 Å². The zero-order chi connectivity index (χ0) is 13.8. The van der Waals surface area contributed by atoms with Gasteiger partial charge in [0.2, 0.25) is 0 Å². The molecule has 1 aromatic carbocycles. The van der Waals surface area contributed by atoms with Crippen molar-refractivity contribution in [3.8, 4) is 12.3 Å². The summed E-state index contributed by atoms with van der Waals surface area (Å²) < 4.78 is 0. The third-order valence-electron chi connectivity index (χ3n) is 2.86. The average Bonchev–Trinajstić information content (AvgIpc) is 3.10. The Labute approximate surface area is 122 Å². The largest absolute Gasteiger partial charge is 0.322 e. The maximum absolute atomic E-state index is 12.1. The van der Waals surface area contributed by atoms with Crippen LogP contribution in [0.25, 0.3) is 0 Å². The Bertz CT molecular complexity index is 500. The van der Waals surface area contributed by atoms with Crippen LogP contribution in [0.5, 0.6) is 0 Å². The summed E-state index contributed by atoms with van der Waals surface area (Å²) in [4.78, 5) is 13.8. The molecule has 0 aliphatic heterocycles. The molecular formula is C14H14Cl2N2O. The number of terminal acetylenes is 1. The lowest BCUT2D eigenvalue weighted by Crippen LogP contribution is -2.36. The second-order valence-corrected chi connectivity index (χ2v) is 5.49. The molecule has 0 spiro atoms. The molecule has 1 saturated carbocycles. The Morgan fingerprint density at radius 1 is 1.37 bits per heavy atom. The molecule has 5 heteroatoms. The highest BCUT2D eigenvalue weighted by Gasteiger charge is 2.26. The fourth-order valence-electron chi connectivity index (χ4n) is 1.77. The van der Waals surface area contributed by atoms with Crippen LogP contribution in [0.15, 0.2) is 18.2 Å². The molecule has 2 rings (SSSR count). The maximum Gasteiger partial charge on any atom is 0.322 e. The topological polar surface area (TPSA) is 32.3 Å². The van der Waals surface area contributed by atoms with Crippen LogP contribution < -0.4 is 5.32 Å². The van der Waals surface area contributed by atoms with Crippen molar-refractivity contribution in [2.45, 2.75) is 12.8 Å². The lowest BCUT2D eigenvalue weighted by atomic mass is 10.3. The Kier molecular flexibility index (Phi) is 4.57. The van der Waals surface area contributed by atoms with E-state index in [1.165, 1.54) is 0 Å². The monoisotopic (exact) mass is 296 g/mol. The molecule has 0 saturated heterocycles. The number of halogens is 2. The van der Waals surface area contributed by atoms with Crippen LogP contribution in [0.3, 0.4) is 0 Å². The van der Waals surface area contributed by atoms with Gasteiger partial charge < -0.3 is 10.2 Å². The average molecular weight is 297 g/mol. The second kappa shape index (κ2) is 6.18. The van der Waals surface area contributed by atoms with Crippen molar-refractivity contribution in [2.24, 2.45) is 5.92 Å². The van der Waals surface area contributed by atoms with Gasteiger partial charge in [0.15, 0.2) is 0 Å². The predicted octanol–water partition coefficient (Wildman–Crippen LogP) is 3.87. The number of benzene rings is 1. The number of amides is 2. The minimum Gasteiger partial charge on any atom is -0.313 e. The van der Waals surface area contributed by atoms with Gasteiger partial charge in [-0.25, -0.2) is 4.79 Å². The highest BCUT2D eigenvalue weighted by molar-refractivity contribution is 6.35. The smallest absolute Gasteiger partial charge is 0.313 e. The van der Waals surface area contributed by atoms with E-state index in [1.54, 1.807) is 23.1 Å². The van der Waals surface area contributed by atoms with Crippen molar-refractivity contribution in [1.29, 1.82) is 0 Å². The molecule has 0 atom stereocenters. The Morgan fingerprint density at radius 3 is 2.53 bits per heavy atom. The molecule has 1 N–H and O–H groups in total. The Hall–Kier alpha value is -1.37. The molecular weight excluding hydrogens is 283 g/mol. The van der Waals surface area contributed by atoms with Gasteiger partial charge in [-0.2, -0.15) is 0 Å². The third kappa shape index (κ3) is 4.34. The first kappa shape index (κ1) is 14.0. The highest BCUT2D eigenvalue weighted by Crippen LogP contribution is 2.30. The van der Waals surface area contributed by atoms with Crippen LogP contribution in [0.4, 0.5) is 10.5 Å².